The second kappa shape index (κ2) is 28.7. The molecule has 0 aliphatic carbocycles. The quantitative estimate of drug-likeness (QED) is 0.0683. The highest BCUT2D eigenvalue weighted by Gasteiger charge is 2.16. The van der Waals surface area contributed by atoms with Gasteiger partial charge in [-0.2, -0.15) is 0 Å². The number of ether oxygens (including phenoxy) is 7. The fraction of sp³-hybridized carbons (Fsp3) is 1.00. The second-order valence-corrected chi connectivity index (χ2v) is 9.79. The highest BCUT2D eigenvalue weighted by Crippen LogP contribution is 2.18. The predicted octanol–water partition coefficient (Wildman–Crippen LogP) is 7.99. The van der Waals surface area contributed by atoms with Gasteiger partial charge in [-0.3, -0.25) is 0 Å². The molecule has 2 unspecified atom stereocenters. The van der Waals surface area contributed by atoms with Gasteiger partial charge >= 0.3 is 0 Å². The monoisotopic (exact) mass is 534 g/mol. The molecule has 0 aliphatic heterocycles. The average molecular weight is 535 g/mol. The molecule has 0 radical (unpaired) electrons. The standard InChI is InChI=1S/C30H62O7/c1-7-23-33-29(34-24-8-2)21-17-13-11-15-19-27(31-5)37-28(32-6)20-16-12-14-18-22-30(35-25-9-3)36-26-10-4/h27-30H,7-26H2,1-6H3. The summed E-state index contributed by atoms with van der Waals surface area (Å²) < 4.78 is 40.5. The maximum absolute atomic E-state index is 6.09. The van der Waals surface area contributed by atoms with Crippen LogP contribution < -0.4 is 0 Å². The van der Waals surface area contributed by atoms with Crippen molar-refractivity contribution in [2.45, 2.75) is 156 Å². The van der Waals surface area contributed by atoms with Crippen molar-refractivity contribution in [2.24, 2.45) is 0 Å². The number of hydrogen-bond donors (Lipinski definition) is 0. The molecular formula is C30H62O7. The molecule has 224 valence electrons. The molecule has 0 fully saturated rings. The lowest BCUT2D eigenvalue weighted by molar-refractivity contribution is -0.233. The van der Waals surface area contributed by atoms with Crippen LogP contribution in [0.5, 0.6) is 0 Å². The zero-order chi connectivity index (χ0) is 27.4. The molecule has 0 bridgehead atoms. The summed E-state index contributed by atoms with van der Waals surface area (Å²) >= 11 is 0. The minimum atomic E-state index is -0.217. The van der Waals surface area contributed by atoms with E-state index in [1.54, 1.807) is 14.2 Å². The van der Waals surface area contributed by atoms with Crippen LogP contribution in [0, 0.1) is 0 Å². The second-order valence-electron chi connectivity index (χ2n) is 9.79. The smallest absolute Gasteiger partial charge is 0.160 e. The van der Waals surface area contributed by atoms with E-state index in [0.717, 1.165) is 116 Å². The van der Waals surface area contributed by atoms with E-state index in [9.17, 15) is 0 Å². The van der Waals surface area contributed by atoms with Crippen molar-refractivity contribution < 1.29 is 33.2 Å². The van der Waals surface area contributed by atoms with Gasteiger partial charge in [-0.1, -0.05) is 53.4 Å². The van der Waals surface area contributed by atoms with Gasteiger partial charge in [0.05, 0.1) is 0 Å². The average Bonchev–Trinajstić information content (AvgIpc) is 2.92. The van der Waals surface area contributed by atoms with Crippen LogP contribution >= 0.6 is 0 Å². The van der Waals surface area contributed by atoms with Crippen molar-refractivity contribution in [1.29, 1.82) is 0 Å². The van der Waals surface area contributed by atoms with E-state index in [4.69, 9.17) is 33.2 Å². The first-order valence-corrected chi connectivity index (χ1v) is 15.3. The molecule has 0 aromatic carbocycles. The van der Waals surface area contributed by atoms with Gasteiger partial charge < -0.3 is 33.2 Å². The van der Waals surface area contributed by atoms with Crippen molar-refractivity contribution >= 4 is 0 Å². The third kappa shape index (κ3) is 23.3. The Kier molecular flexibility index (Phi) is 28.5. The summed E-state index contributed by atoms with van der Waals surface area (Å²) in [4.78, 5) is 0. The van der Waals surface area contributed by atoms with E-state index in [1.165, 1.54) is 12.8 Å². The van der Waals surface area contributed by atoms with Crippen LogP contribution in [0.25, 0.3) is 0 Å². The van der Waals surface area contributed by atoms with E-state index in [2.05, 4.69) is 27.7 Å². The fourth-order valence-corrected chi connectivity index (χ4v) is 4.03. The van der Waals surface area contributed by atoms with Gasteiger partial charge in [-0.15, -0.1) is 0 Å². The highest BCUT2D eigenvalue weighted by molar-refractivity contribution is 4.55. The lowest BCUT2D eigenvalue weighted by Crippen LogP contribution is -2.25. The van der Waals surface area contributed by atoms with Gasteiger partial charge in [0, 0.05) is 40.6 Å². The van der Waals surface area contributed by atoms with Crippen molar-refractivity contribution in [3.63, 3.8) is 0 Å². The summed E-state index contributed by atoms with van der Waals surface area (Å²) in [5.41, 5.74) is 0. The molecule has 2 atom stereocenters. The normalized spacial score (nSPS) is 13.6. The van der Waals surface area contributed by atoms with Crippen LogP contribution in [-0.2, 0) is 33.2 Å². The van der Waals surface area contributed by atoms with Crippen LogP contribution in [0.1, 0.15) is 130 Å². The number of methoxy groups -OCH3 is 2. The molecule has 0 N–H and O–H groups in total. The molecule has 0 saturated carbocycles. The Morgan fingerprint density at radius 3 is 0.892 bits per heavy atom. The largest absolute Gasteiger partial charge is 0.356 e. The van der Waals surface area contributed by atoms with Crippen LogP contribution in [0.15, 0.2) is 0 Å². The maximum Gasteiger partial charge on any atom is 0.160 e. The Morgan fingerprint density at radius 1 is 0.378 bits per heavy atom. The zero-order valence-electron chi connectivity index (χ0n) is 25.3. The topological polar surface area (TPSA) is 64.6 Å². The van der Waals surface area contributed by atoms with Crippen molar-refractivity contribution in [2.75, 3.05) is 40.6 Å². The van der Waals surface area contributed by atoms with Gasteiger partial charge in [0.15, 0.2) is 25.2 Å². The van der Waals surface area contributed by atoms with Crippen LogP contribution in [0.3, 0.4) is 0 Å². The van der Waals surface area contributed by atoms with Crippen LogP contribution in [-0.4, -0.2) is 65.8 Å². The molecule has 0 amide bonds. The fourth-order valence-electron chi connectivity index (χ4n) is 4.03. The van der Waals surface area contributed by atoms with Crippen molar-refractivity contribution in [1.82, 2.24) is 0 Å². The lowest BCUT2D eigenvalue weighted by Gasteiger charge is -2.23. The van der Waals surface area contributed by atoms with E-state index in [0.29, 0.717) is 0 Å². The molecule has 7 heteroatoms. The molecule has 37 heavy (non-hydrogen) atoms. The third-order valence-corrected chi connectivity index (χ3v) is 6.12. The summed E-state index contributed by atoms with van der Waals surface area (Å²) in [6.07, 6.45) is 16.3. The molecule has 0 heterocycles. The summed E-state index contributed by atoms with van der Waals surface area (Å²) in [7, 11) is 3.44. The third-order valence-electron chi connectivity index (χ3n) is 6.12. The molecule has 0 rings (SSSR count). The van der Waals surface area contributed by atoms with Gasteiger partial charge in [-0.05, 0) is 77.0 Å². The minimum Gasteiger partial charge on any atom is -0.356 e. The molecule has 0 saturated heterocycles. The first-order valence-electron chi connectivity index (χ1n) is 15.3. The molecule has 0 aromatic heterocycles. The SMILES string of the molecule is CCCOC(CCCCCCC(OC)OC(CCCCCCC(OCCC)OCCC)OC)OCCC. The molecular weight excluding hydrogens is 472 g/mol. The van der Waals surface area contributed by atoms with E-state index in [1.807, 2.05) is 0 Å². The number of hydrogen-bond acceptors (Lipinski definition) is 7. The van der Waals surface area contributed by atoms with Crippen LogP contribution in [0.2, 0.25) is 0 Å². The van der Waals surface area contributed by atoms with Gasteiger partial charge in [-0.25, -0.2) is 0 Å². The summed E-state index contributed by atoms with van der Waals surface area (Å²) in [6.45, 7) is 11.6. The van der Waals surface area contributed by atoms with Gasteiger partial charge in [0.2, 0.25) is 0 Å². The summed E-state index contributed by atoms with van der Waals surface area (Å²) in [5, 5.41) is 0. The van der Waals surface area contributed by atoms with Crippen molar-refractivity contribution in [3.8, 4) is 0 Å². The number of rotatable bonds is 30. The van der Waals surface area contributed by atoms with Gasteiger partial charge in [0.1, 0.15) is 0 Å². The van der Waals surface area contributed by atoms with E-state index in [-0.39, 0.29) is 25.2 Å². The Morgan fingerprint density at radius 2 is 0.649 bits per heavy atom. The van der Waals surface area contributed by atoms with E-state index < -0.39 is 0 Å². The zero-order valence-corrected chi connectivity index (χ0v) is 25.3. The Labute approximate surface area is 229 Å². The van der Waals surface area contributed by atoms with Crippen LogP contribution in [0.4, 0.5) is 0 Å². The molecule has 0 aromatic rings. The summed E-state index contributed by atoms with van der Waals surface area (Å²) in [6, 6.07) is 0. The van der Waals surface area contributed by atoms with E-state index >= 15 is 0 Å². The summed E-state index contributed by atoms with van der Waals surface area (Å²) in [5.74, 6) is 0. The first-order chi connectivity index (χ1) is 18.1. The van der Waals surface area contributed by atoms with Crippen molar-refractivity contribution in [3.05, 3.63) is 0 Å². The van der Waals surface area contributed by atoms with Gasteiger partial charge in [0.25, 0.3) is 0 Å². The predicted molar refractivity (Wildman–Crippen MR) is 151 cm³/mol. The first kappa shape index (κ1) is 36.7. The highest BCUT2D eigenvalue weighted by atomic mass is 16.8. The number of unbranched alkanes of at least 4 members (excludes halogenated alkanes) is 6. The molecule has 0 aliphatic rings. The lowest BCUT2D eigenvalue weighted by atomic mass is 10.1. The maximum atomic E-state index is 6.09. The Balaban J connectivity index is 4.00. The Hall–Kier alpha value is -0.280. The Bertz CT molecular complexity index is 384. The molecule has 7 nitrogen and oxygen atoms in total. The minimum absolute atomic E-state index is 0.0531. The molecule has 0 spiro atoms.